The number of fused-ring (bicyclic) bond motifs is 1. The third-order valence-electron chi connectivity index (χ3n) is 4.84. The summed E-state index contributed by atoms with van der Waals surface area (Å²) in [6.07, 6.45) is 1.29. The number of hydrogen-bond donors (Lipinski definition) is 0. The summed E-state index contributed by atoms with van der Waals surface area (Å²) >= 11 is 1.72. The molecule has 0 N–H and O–H groups in total. The molecular formula is C19H17N3O4S. The van der Waals surface area contributed by atoms with Crippen molar-refractivity contribution in [3.8, 4) is 22.9 Å². The molecule has 1 unspecified atom stereocenters. The van der Waals surface area contributed by atoms with Gasteiger partial charge in [-0.2, -0.15) is 4.98 Å². The second kappa shape index (κ2) is 6.70. The van der Waals surface area contributed by atoms with Gasteiger partial charge in [-0.3, -0.25) is 4.79 Å². The Labute approximate surface area is 159 Å². The zero-order valence-corrected chi connectivity index (χ0v) is 15.3. The standard InChI is InChI=1S/C19H17N3O4S/c23-17-9-13(10-22(17)6-5-14-2-1-7-27-14)19-20-18(21-26-19)12-3-4-15-16(8-12)25-11-24-15/h1-4,7-8,13H,5-6,9-11H2. The average molecular weight is 383 g/mol. The molecule has 2 aliphatic rings. The zero-order chi connectivity index (χ0) is 18.2. The monoisotopic (exact) mass is 383 g/mol. The molecule has 1 amide bonds. The summed E-state index contributed by atoms with van der Waals surface area (Å²) in [5, 5.41) is 6.14. The van der Waals surface area contributed by atoms with Gasteiger partial charge in [0.05, 0.1) is 5.92 Å². The molecule has 2 aliphatic heterocycles. The van der Waals surface area contributed by atoms with Crippen LogP contribution in [0.4, 0.5) is 0 Å². The number of aromatic nitrogens is 2. The van der Waals surface area contributed by atoms with E-state index in [0.717, 1.165) is 18.5 Å². The first-order valence-electron chi connectivity index (χ1n) is 8.80. The highest BCUT2D eigenvalue weighted by molar-refractivity contribution is 7.09. The Balaban J connectivity index is 1.28. The highest BCUT2D eigenvalue weighted by Crippen LogP contribution is 2.36. The predicted molar refractivity (Wildman–Crippen MR) is 97.8 cm³/mol. The van der Waals surface area contributed by atoms with Crippen molar-refractivity contribution in [2.24, 2.45) is 0 Å². The maximum atomic E-state index is 12.3. The van der Waals surface area contributed by atoms with E-state index in [1.807, 2.05) is 29.2 Å². The number of likely N-dealkylation sites (tertiary alicyclic amines) is 1. The Morgan fingerprint density at radius 2 is 2.15 bits per heavy atom. The second-order valence-electron chi connectivity index (χ2n) is 6.59. The molecule has 0 saturated carbocycles. The first-order chi connectivity index (χ1) is 13.3. The molecule has 0 bridgehead atoms. The molecule has 4 heterocycles. The van der Waals surface area contributed by atoms with Crippen molar-refractivity contribution < 1.29 is 18.8 Å². The number of amides is 1. The van der Waals surface area contributed by atoms with Crippen LogP contribution in [0.15, 0.2) is 40.2 Å². The number of carbonyl (C=O) groups is 1. The minimum Gasteiger partial charge on any atom is -0.454 e. The second-order valence-corrected chi connectivity index (χ2v) is 7.63. The Bertz CT molecular complexity index is 969. The van der Waals surface area contributed by atoms with Crippen LogP contribution in [0.3, 0.4) is 0 Å². The average Bonchev–Trinajstić information content (AvgIpc) is 3.45. The van der Waals surface area contributed by atoms with Gasteiger partial charge in [0.2, 0.25) is 24.4 Å². The number of hydrogen-bond acceptors (Lipinski definition) is 7. The highest BCUT2D eigenvalue weighted by atomic mass is 32.1. The molecule has 5 rings (SSSR count). The van der Waals surface area contributed by atoms with E-state index in [2.05, 4.69) is 21.6 Å². The number of ether oxygens (including phenoxy) is 2. The topological polar surface area (TPSA) is 77.7 Å². The molecule has 1 fully saturated rings. The van der Waals surface area contributed by atoms with E-state index in [0.29, 0.717) is 36.2 Å². The number of nitrogens with zero attached hydrogens (tertiary/aromatic N) is 3. The van der Waals surface area contributed by atoms with Gasteiger partial charge in [-0.15, -0.1) is 11.3 Å². The normalized spacial score (nSPS) is 18.4. The van der Waals surface area contributed by atoms with Crippen molar-refractivity contribution >= 4 is 17.2 Å². The molecule has 0 aliphatic carbocycles. The first-order valence-corrected chi connectivity index (χ1v) is 9.68. The lowest BCUT2D eigenvalue weighted by molar-refractivity contribution is -0.127. The molecule has 8 heteroatoms. The summed E-state index contributed by atoms with van der Waals surface area (Å²) < 4.78 is 16.2. The minimum atomic E-state index is -0.0592. The summed E-state index contributed by atoms with van der Waals surface area (Å²) in [7, 11) is 0. The van der Waals surface area contributed by atoms with Crippen molar-refractivity contribution in [1.82, 2.24) is 15.0 Å². The summed E-state index contributed by atoms with van der Waals surface area (Å²) in [5.41, 5.74) is 0.799. The van der Waals surface area contributed by atoms with Gasteiger partial charge in [0.25, 0.3) is 0 Å². The zero-order valence-electron chi connectivity index (χ0n) is 14.5. The van der Waals surface area contributed by atoms with Gasteiger partial charge in [0.15, 0.2) is 11.5 Å². The van der Waals surface area contributed by atoms with Gasteiger partial charge in [0, 0.05) is 30.0 Å². The van der Waals surface area contributed by atoms with Crippen LogP contribution in [-0.2, 0) is 11.2 Å². The van der Waals surface area contributed by atoms with E-state index in [4.69, 9.17) is 14.0 Å². The number of carbonyl (C=O) groups excluding carboxylic acids is 1. The smallest absolute Gasteiger partial charge is 0.232 e. The van der Waals surface area contributed by atoms with Gasteiger partial charge in [0.1, 0.15) is 0 Å². The molecule has 138 valence electrons. The van der Waals surface area contributed by atoms with Gasteiger partial charge in [-0.05, 0) is 36.1 Å². The Morgan fingerprint density at radius 1 is 1.22 bits per heavy atom. The van der Waals surface area contributed by atoms with E-state index in [1.165, 1.54) is 4.88 Å². The van der Waals surface area contributed by atoms with Crippen molar-refractivity contribution in [3.05, 3.63) is 46.5 Å². The minimum absolute atomic E-state index is 0.0592. The molecule has 0 radical (unpaired) electrons. The van der Waals surface area contributed by atoms with Crippen molar-refractivity contribution in [2.45, 2.75) is 18.8 Å². The van der Waals surface area contributed by atoms with Crippen LogP contribution < -0.4 is 9.47 Å². The highest BCUT2D eigenvalue weighted by Gasteiger charge is 2.34. The van der Waals surface area contributed by atoms with E-state index in [1.54, 1.807) is 11.3 Å². The van der Waals surface area contributed by atoms with E-state index in [9.17, 15) is 4.79 Å². The summed E-state index contributed by atoms with van der Waals surface area (Å²) in [6.45, 7) is 1.56. The number of thiophene rings is 1. The van der Waals surface area contributed by atoms with Crippen LogP contribution in [0.2, 0.25) is 0 Å². The third kappa shape index (κ3) is 3.16. The van der Waals surface area contributed by atoms with E-state index in [-0.39, 0.29) is 18.6 Å². The van der Waals surface area contributed by atoms with E-state index >= 15 is 0 Å². The molecular weight excluding hydrogens is 366 g/mol. The third-order valence-corrected chi connectivity index (χ3v) is 5.78. The van der Waals surface area contributed by atoms with Crippen LogP contribution in [0, 0.1) is 0 Å². The maximum Gasteiger partial charge on any atom is 0.232 e. The van der Waals surface area contributed by atoms with Crippen LogP contribution >= 0.6 is 11.3 Å². The van der Waals surface area contributed by atoms with Gasteiger partial charge >= 0.3 is 0 Å². The van der Waals surface area contributed by atoms with Crippen molar-refractivity contribution in [1.29, 1.82) is 0 Å². The summed E-state index contributed by atoms with van der Waals surface area (Å²) in [5.74, 6) is 2.47. The molecule has 27 heavy (non-hydrogen) atoms. The van der Waals surface area contributed by atoms with Crippen LogP contribution in [0.1, 0.15) is 23.1 Å². The molecule has 0 spiro atoms. The first kappa shape index (κ1) is 16.3. The lowest BCUT2D eigenvalue weighted by Crippen LogP contribution is -2.27. The molecule has 1 aromatic carbocycles. The fourth-order valence-electron chi connectivity index (χ4n) is 3.41. The SMILES string of the molecule is O=C1CC(c2nc(-c3ccc4c(c3)OCO4)no2)CN1CCc1cccs1. The summed E-state index contributed by atoms with van der Waals surface area (Å²) in [4.78, 5) is 20.0. The predicted octanol–water partition coefficient (Wildman–Crippen LogP) is 3.09. The molecule has 3 aromatic rings. The van der Waals surface area contributed by atoms with Crippen LogP contribution in [0.25, 0.3) is 11.4 Å². The quantitative estimate of drug-likeness (QED) is 0.674. The van der Waals surface area contributed by atoms with Gasteiger partial charge in [-0.25, -0.2) is 0 Å². The molecule has 2 aromatic heterocycles. The Morgan fingerprint density at radius 3 is 3.04 bits per heavy atom. The fraction of sp³-hybridized carbons (Fsp3) is 0.316. The van der Waals surface area contributed by atoms with Crippen molar-refractivity contribution in [2.75, 3.05) is 19.9 Å². The van der Waals surface area contributed by atoms with E-state index < -0.39 is 0 Å². The van der Waals surface area contributed by atoms with Crippen molar-refractivity contribution in [3.63, 3.8) is 0 Å². The lowest BCUT2D eigenvalue weighted by atomic mass is 10.1. The molecule has 7 nitrogen and oxygen atoms in total. The van der Waals surface area contributed by atoms with Crippen LogP contribution in [0.5, 0.6) is 11.5 Å². The Kier molecular flexibility index (Phi) is 4.05. The van der Waals surface area contributed by atoms with Gasteiger partial charge < -0.3 is 18.9 Å². The number of benzene rings is 1. The molecule has 1 atom stereocenters. The Hall–Kier alpha value is -2.87. The molecule has 1 saturated heterocycles. The summed E-state index contributed by atoms with van der Waals surface area (Å²) in [6, 6.07) is 9.67. The fourth-order valence-corrected chi connectivity index (χ4v) is 4.11. The maximum absolute atomic E-state index is 12.3. The van der Waals surface area contributed by atoms with Crippen LogP contribution in [-0.4, -0.2) is 40.8 Å². The van der Waals surface area contributed by atoms with Gasteiger partial charge in [-0.1, -0.05) is 11.2 Å². The largest absolute Gasteiger partial charge is 0.454 e. The number of rotatable bonds is 5. The lowest BCUT2D eigenvalue weighted by Gasteiger charge is -2.15.